The molecule has 7 heteroatoms. The second kappa shape index (κ2) is 6.45. The Kier molecular flexibility index (Phi) is 4.38. The second-order valence-electron chi connectivity index (χ2n) is 5.90. The lowest BCUT2D eigenvalue weighted by Gasteiger charge is -2.31. The summed E-state index contributed by atoms with van der Waals surface area (Å²) in [5.41, 5.74) is 2.76. The van der Waals surface area contributed by atoms with Gasteiger partial charge in [0.05, 0.1) is 23.5 Å². The summed E-state index contributed by atoms with van der Waals surface area (Å²) in [6.07, 6.45) is 0.789. The van der Waals surface area contributed by atoms with Crippen molar-refractivity contribution in [3.8, 4) is 0 Å². The smallest absolute Gasteiger partial charge is 0.237 e. The molecule has 2 N–H and O–H groups in total. The molecule has 0 saturated heterocycles. The summed E-state index contributed by atoms with van der Waals surface area (Å²) in [5.74, 6) is -0.328. The quantitative estimate of drug-likeness (QED) is 0.898. The summed E-state index contributed by atoms with van der Waals surface area (Å²) in [6.45, 7) is 5.17. The van der Waals surface area contributed by atoms with Crippen LogP contribution in [-0.2, 0) is 17.8 Å². The summed E-state index contributed by atoms with van der Waals surface area (Å²) in [4.78, 5) is 14.6. The van der Waals surface area contributed by atoms with Crippen LogP contribution in [0, 0.1) is 5.82 Å². The van der Waals surface area contributed by atoms with Gasteiger partial charge in [-0.1, -0.05) is 12.1 Å². The number of nitrogens with one attached hydrogen (secondary N) is 2. The highest BCUT2D eigenvalue weighted by Gasteiger charge is 2.28. The predicted octanol–water partition coefficient (Wildman–Crippen LogP) is 1.57. The molecule has 1 amide bonds. The lowest BCUT2D eigenvalue weighted by atomic mass is 10.1. The number of carbonyl (C=O) groups excluding carboxylic acids is 1. The highest BCUT2D eigenvalue weighted by molar-refractivity contribution is 5.81. The van der Waals surface area contributed by atoms with E-state index < -0.39 is 0 Å². The summed E-state index contributed by atoms with van der Waals surface area (Å²) >= 11 is 0. The average molecular weight is 317 g/mol. The Balaban J connectivity index is 1.60. The van der Waals surface area contributed by atoms with Gasteiger partial charge in [0.2, 0.25) is 5.91 Å². The van der Waals surface area contributed by atoms with Crippen molar-refractivity contribution in [2.75, 3.05) is 6.54 Å². The fourth-order valence-corrected chi connectivity index (χ4v) is 2.79. The molecule has 0 radical (unpaired) electrons. The zero-order valence-electron chi connectivity index (χ0n) is 13.2. The highest BCUT2D eigenvalue weighted by atomic mass is 19.1. The predicted molar refractivity (Wildman–Crippen MR) is 82.9 cm³/mol. The van der Waals surface area contributed by atoms with Crippen LogP contribution in [0.15, 0.2) is 24.3 Å². The molecule has 0 spiro atoms. The molecule has 2 heterocycles. The van der Waals surface area contributed by atoms with E-state index in [1.165, 1.54) is 12.1 Å². The molecule has 1 aliphatic heterocycles. The third kappa shape index (κ3) is 3.39. The number of nitrogens with zero attached hydrogens (tertiary/aromatic N) is 3. The van der Waals surface area contributed by atoms with Crippen molar-refractivity contribution in [3.05, 3.63) is 47.0 Å². The number of hydrogen-bond donors (Lipinski definition) is 2. The minimum atomic E-state index is -0.280. The third-order valence-electron chi connectivity index (χ3n) is 4.35. The van der Waals surface area contributed by atoms with Gasteiger partial charge in [0.1, 0.15) is 5.82 Å². The Labute approximate surface area is 134 Å². The summed E-state index contributed by atoms with van der Waals surface area (Å²) in [7, 11) is 0. The monoisotopic (exact) mass is 317 g/mol. The maximum Gasteiger partial charge on any atom is 0.237 e. The largest absolute Gasteiger partial charge is 0.348 e. The van der Waals surface area contributed by atoms with E-state index in [1.807, 2.05) is 13.8 Å². The van der Waals surface area contributed by atoms with Crippen molar-refractivity contribution < 1.29 is 9.18 Å². The van der Waals surface area contributed by atoms with Gasteiger partial charge in [-0.15, -0.1) is 0 Å². The molecule has 1 aromatic heterocycles. The van der Waals surface area contributed by atoms with Gasteiger partial charge >= 0.3 is 0 Å². The first-order chi connectivity index (χ1) is 11.0. The number of rotatable bonds is 4. The molecule has 122 valence electrons. The van der Waals surface area contributed by atoms with Gasteiger partial charge in [0, 0.05) is 19.5 Å². The van der Waals surface area contributed by atoms with Crippen LogP contribution in [0.5, 0.6) is 0 Å². The van der Waals surface area contributed by atoms with Crippen molar-refractivity contribution in [2.24, 2.45) is 0 Å². The standard InChI is InChI=1S/C16H20FN5O/c1-10(12-3-5-13(17)6-4-12)18-16(23)11(2)22-8-7-14-15(9-22)20-21-19-14/h3-6,10-11H,7-9H2,1-2H3,(H,18,23)(H,19,20,21)/t10-,11-/m0/s1. The van der Waals surface area contributed by atoms with Gasteiger partial charge in [-0.3, -0.25) is 9.69 Å². The van der Waals surface area contributed by atoms with Crippen LogP contribution in [-0.4, -0.2) is 38.8 Å². The zero-order valence-corrected chi connectivity index (χ0v) is 13.2. The van der Waals surface area contributed by atoms with Crippen molar-refractivity contribution in [1.82, 2.24) is 25.6 Å². The van der Waals surface area contributed by atoms with Crippen LogP contribution in [0.3, 0.4) is 0 Å². The number of hydrogen-bond acceptors (Lipinski definition) is 4. The van der Waals surface area contributed by atoms with E-state index >= 15 is 0 Å². The fourth-order valence-electron chi connectivity index (χ4n) is 2.79. The number of carbonyl (C=O) groups is 1. The maximum absolute atomic E-state index is 13.0. The number of benzene rings is 1. The van der Waals surface area contributed by atoms with E-state index in [-0.39, 0.29) is 23.8 Å². The van der Waals surface area contributed by atoms with Crippen LogP contribution < -0.4 is 5.32 Å². The Morgan fingerprint density at radius 1 is 1.26 bits per heavy atom. The maximum atomic E-state index is 13.0. The number of halogens is 1. The van der Waals surface area contributed by atoms with E-state index in [9.17, 15) is 9.18 Å². The molecule has 6 nitrogen and oxygen atoms in total. The number of aromatic amines is 1. The topological polar surface area (TPSA) is 73.9 Å². The van der Waals surface area contributed by atoms with Gasteiger partial charge < -0.3 is 5.32 Å². The van der Waals surface area contributed by atoms with Gasteiger partial charge in [-0.25, -0.2) is 4.39 Å². The van der Waals surface area contributed by atoms with Gasteiger partial charge in [0.15, 0.2) is 0 Å². The molecular formula is C16H20FN5O. The normalized spacial score (nSPS) is 17.3. The number of aromatic nitrogens is 3. The summed E-state index contributed by atoms with van der Waals surface area (Å²) < 4.78 is 13.0. The first kappa shape index (κ1) is 15.6. The summed E-state index contributed by atoms with van der Waals surface area (Å²) in [5, 5.41) is 13.8. The van der Waals surface area contributed by atoms with Crippen LogP contribution in [0.2, 0.25) is 0 Å². The van der Waals surface area contributed by atoms with Crippen molar-refractivity contribution >= 4 is 5.91 Å². The molecule has 2 aromatic rings. The molecule has 1 aliphatic rings. The summed E-state index contributed by atoms with van der Waals surface area (Å²) in [6, 6.07) is 5.75. The molecule has 3 rings (SSSR count). The van der Waals surface area contributed by atoms with Gasteiger partial charge in [-0.2, -0.15) is 15.4 Å². The van der Waals surface area contributed by atoms with Crippen molar-refractivity contribution in [1.29, 1.82) is 0 Å². The van der Waals surface area contributed by atoms with Gasteiger partial charge in [-0.05, 0) is 31.5 Å². The Morgan fingerprint density at radius 2 is 1.96 bits per heavy atom. The Bertz CT molecular complexity index is 684. The minimum Gasteiger partial charge on any atom is -0.348 e. The molecule has 0 fully saturated rings. The number of fused-ring (bicyclic) bond motifs is 1. The highest BCUT2D eigenvalue weighted by Crippen LogP contribution is 2.18. The van der Waals surface area contributed by atoms with Crippen LogP contribution in [0.4, 0.5) is 4.39 Å². The second-order valence-corrected chi connectivity index (χ2v) is 5.90. The van der Waals surface area contributed by atoms with Crippen LogP contribution >= 0.6 is 0 Å². The lowest BCUT2D eigenvalue weighted by molar-refractivity contribution is -0.126. The van der Waals surface area contributed by atoms with E-state index in [1.54, 1.807) is 12.1 Å². The van der Waals surface area contributed by atoms with E-state index in [4.69, 9.17) is 0 Å². The fraction of sp³-hybridized carbons (Fsp3) is 0.438. The Hall–Kier alpha value is -2.28. The molecule has 1 aromatic carbocycles. The zero-order chi connectivity index (χ0) is 16.4. The molecule has 0 aliphatic carbocycles. The van der Waals surface area contributed by atoms with Gasteiger partial charge in [0.25, 0.3) is 0 Å². The first-order valence-corrected chi connectivity index (χ1v) is 7.73. The molecular weight excluding hydrogens is 297 g/mol. The van der Waals surface area contributed by atoms with Crippen LogP contribution in [0.25, 0.3) is 0 Å². The van der Waals surface area contributed by atoms with E-state index in [0.29, 0.717) is 6.54 Å². The minimum absolute atomic E-state index is 0.0474. The number of H-pyrrole nitrogens is 1. The van der Waals surface area contributed by atoms with E-state index in [0.717, 1.165) is 29.9 Å². The molecule has 0 unspecified atom stereocenters. The SMILES string of the molecule is C[C@H](NC(=O)[C@H](C)N1CCc2n[nH]nc2C1)c1ccc(F)cc1. The van der Waals surface area contributed by atoms with Crippen LogP contribution in [0.1, 0.15) is 36.8 Å². The van der Waals surface area contributed by atoms with E-state index in [2.05, 4.69) is 25.6 Å². The third-order valence-corrected chi connectivity index (χ3v) is 4.35. The molecule has 23 heavy (non-hydrogen) atoms. The average Bonchev–Trinajstić information content (AvgIpc) is 3.02. The molecule has 0 bridgehead atoms. The number of amides is 1. The Morgan fingerprint density at radius 3 is 2.70 bits per heavy atom. The molecule has 2 atom stereocenters. The van der Waals surface area contributed by atoms with Crippen molar-refractivity contribution in [2.45, 2.75) is 38.9 Å². The first-order valence-electron chi connectivity index (χ1n) is 7.73. The van der Waals surface area contributed by atoms with Crippen molar-refractivity contribution in [3.63, 3.8) is 0 Å². The lowest BCUT2D eigenvalue weighted by Crippen LogP contribution is -2.47. The molecule has 0 saturated carbocycles.